The van der Waals surface area contributed by atoms with Crippen LogP contribution in [0.5, 0.6) is 0 Å². The molecule has 1 rings (SSSR count). The van der Waals surface area contributed by atoms with E-state index in [4.69, 9.17) is 0 Å². The molecule has 1 heterocycles. The fourth-order valence-electron chi connectivity index (χ4n) is 5.63. The van der Waals surface area contributed by atoms with Crippen molar-refractivity contribution in [3.8, 4) is 0 Å². The van der Waals surface area contributed by atoms with Gasteiger partial charge in [0.25, 0.3) is 0 Å². The summed E-state index contributed by atoms with van der Waals surface area (Å²) in [5.41, 5.74) is 0. The van der Waals surface area contributed by atoms with E-state index in [2.05, 4.69) is 13.8 Å². The second-order valence-corrected chi connectivity index (χ2v) is 11.0. The van der Waals surface area contributed by atoms with Crippen LogP contribution in [0.15, 0.2) is 0 Å². The normalized spacial score (nSPS) is 18.2. The number of rotatable bonds is 24. The predicted octanol–water partition coefficient (Wildman–Crippen LogP) is 5.91. The van der Waals surface area contributed by atoms with Gasteiger partial charge in [-0.25, -0.2) is 0 Å². The molecule has 1 nitrogen and oxygen atoms in total. The Morgan fingerprint density at radius 3 is 1.31 bits per heavy atom. The van der Waals surface area contributed by atoms with Gasteiger partial charge in [-0.15, -0.1) is 0 Å². The molecular formula is C30H62BrN. The summed E-state index contributed by atoms with van der Waals surface area (Å²) < 4.78 is 0. The van der Waals surface area contributed by atoms with E-state index in [0.717, 1.165) is 5.92 Å². The third-order valence-corrected chi connectivity index (χ3v) is 7.83. The SMILES string of the molecule is CCCCCCCCCCCCCC1CC[NH+](CCCCCCCCCCCCC)C1.[Br-]. The number of hydrogen-bond acceptors (Lipinski definition) is 0. The molecule has 0 amide bonds. The van der Waals surface area contributed by atoms with E-state index < -0.39 is 0 Å². The Kier molecular flexibility index (Phi) is 26.4. The molecule has 2 atom stereocenters. The Labute approximate surface area is 215 Å². The molecule has 1 aliphatic rings. The number of likely N-dealkylation sites (tertiary alicyclic amines) is 1. The van der Waals surface area contributed by atoms with Crippen molar-refractivity contribution < 1.29 is 21.9 Å². The van der Waals surface area contributed by atoms with Gasteiger partial charge in [-0.2, -0.15) is 0 Å². The highest BCUT2D eigenvalue weighted by molar-refractivity contribution is 4.63. The number of unbranched alkanes of at least 4 members (excludes halogenated alkanes) is 20. The highest BCUT2D eigenvalue weighted by atomic mass is 79.9. The Hall–Kier alpha value is 0.440. The van der Waals surface area contributed by atoms with Crippen molar-refractivity contribution in [1.82, 2.24) is 0 Å². The van der Waals surface area contributed by atoms with Gasteiger partial charge in [-0.1, -0.05) is 142 Å². The monoisotopic (exact) mass is 515 g/mol. The van der Waals surface area contributed by atoms with Crippen molar-refractivity contribution in [1.29, 1.82) is 0 Å². The predicted molar refractivity (Wildman–Crippen MR) is 141 cm³/mol. The van der Waals surface area contributed by atoms with Crippen molar-refractivity contribution in [2.24, 2.45) is 5.92 Å². The lowest BCUT2D eigenvalue weighted by Gasteiger charge is -2.13. The fraction of sp³-hybridized carbons (Fsp3) is 1.00. The quantitative estimate of drug-likeness (QED) is 0.152. The minimum Gasteiger partial charge on any atom is -1.00 e. The molecule has 1 saturated heterocycles. The van der Waals surface area contributed by atoms with Crippen molar-refractivity contribution >= 4 is 0 Å². The molecule has 0 aromatic heterocycles. The number of quaternary nitrogens is 1. The molecule has 0 radical (unpaired) electrons. The minimum atomic E-state index is 0. The molecular weight excluding hydrogens is 454 g/mol. The molecule has 2 heteroatoms. The largest absolute Gasteiger partial charge is 1.00 e. The summed E-state index contributed by atoms with van der Waals surface area (Å²) in [7, 11) is 0. The number of halogens is 1. The lowest BCUT2D eigenvalue weighted by Crippen LogP contribution is -3.10. The van der Waals surface area contributed by atoms with Gasteiger partial charge in [0.15, 0.2) is 0 Å². The Morgan fingerprint density at radius 1 is 0.500 bits per heavy atom. The van der Waals surface area contributed by atoms with Gasteiger partial charge in [0.05, 0.1) is 19.6 Å². The van der Waals surface area contributed by atoms with Crippen LogP contribution < -0.4 is 21.9 Å². The van der Waals surface area contributed by atoms with Crippen LogP contribution in [0.25, 0.3) is 0 Å². The van der Waals surface area contributed by atoms with E-state index in [1.54, 1.807) is 0 Å². The lowest BCUT2D eigenvalue weighted by molar-refractivity contribution is -0.889. The second kappa shape index (κ2) is 26.1. The van der Waals surface area contributed by atoms with E-state index in [0.29, 0.717) is 0 Å². The van der Waals surface area contributed by atoms with Gasteiger partial charge in [0, 0.05) is 12.3 Å². The number of hydrogen-bond donors (Lipinski definition) is 1. The Morgan fingerprint density at radius 2 is 0.875 bits per heavy atom. The highest BCUT2D eigenvalue weighted by Gasteiger charge is 2.24. The van der Waals surface area contributed by atoms with E-state index in [1.165, 1.54) is 174 Å². The van der Waals surface area contributed by atoms with Gasteiger partial charge in [-0.3, -0.25) is 0 Å². The van der Waals surface area contributed by atoms with E-state index in [-0.39, 0.29) is 17.0 Å². The average Bonchev–Trinajstić information content (AvgIpc) is 3.23. The van der Waals surface area contributed by atoms with Gasteiger partial charge in [-0.05, 0) is 19.3 Å². The maximum Gasteiger partial charge on any atom is 0.0801 e. The third kappa shape index (κ3) is 21.0. The van der Waals surface area contributed by atoms with Crippen LogP contribution in [0.1, 0.15) is 168 Å². The topological polar surface area (TPSA) is 4.44 Å². The Balaban J connectivity index is 0.00000961. The number of nitrogens with one attached hydrogen (secondary N) is 1. The first-order valence-corrected chi connectivity index (χ1v) is 15.2. The zero-order valence-corrected chi connectivity index (χ0v) is 24.1. The first kappa shape index (κ1) is 32.4. The molecule has 1 fully saturated rings. The van der Waals surface area contributed by atoms with E-state index in [1.807, 2.05) is 4.90 Å². The van der Waals surface area contributed by atoms with Crippen molar-refractivity contribution in [2.75, 3.05) is 19.6 Å². The molecule has 0 aromatic rings. The molecule has 2 unspecified atom stereocenters. The summed E-state index contributed by atoms with van der Waals surface area (Å²) in [5.74, 6) is 1.06. The van der Waals surface area contributed by atoms with Crippen LogP contribution in [0, 0.1) is 5.92 Å². The van der Waals surface area contributed by atoms with Gasteiger partial charge in [0.2, 0.25) is 0 Å². The summed E-state index contributed by atoms with van der Waals surface area (Å²) in [4.78, 5) is 1.93. The zero-order valence-electron chi connectivity index (χ0n) is 22.5. The van der Waals surface area contributed by atoms with Gasteiger partial charge in [0.1, 0.15) is 0 Å². The maximum atomic E-state index is 2.31. The van der Waals surface area contributed by atoms with Crippen LogP contribution in [-0.4, -0.2) is 19.6 Å². The summed E-state index contributed by atoms with van der Waals surface area (Å²) in [5, 5.41) is 0. The van der Waals surface area contributed by atoms with Crippen LogP contribution in [0.4, 0.5) is 0 Å². The van der Waals surface area contributed by atoms with E-state index >= 15 is 0 Å². The first-order valence-electron chi connectivity index (χ1n) is 15.2. The van der Waals surface area contributed by atoms with Crippen molar-refractivity contribution in [3.05, 3.63) is 0 Å². The highest BCUT2D eigenvalue weighted by Crippen LogP contribution is 2.17. The summed E-state index contributed by atoms with van der Waals surface area (Å²) >= 11 is 0. The zero-order chi connectivity index (χ0) is 22.2. The minimum absolute atomic E-state index is 0. The maximum absolute atomic E-state index is 2.31. The smallest absolute Gasteiger partial charge is 0.0801 e. The molecule has 1 aliphatic heterocycles. The summed E-state index contributed by atoms with van der Waals surface area (Å²) in [6.45, 7) is 9.05. The summed E-state index contributed by atoms with van der Waals surface area (Å²) in [6, 6.07) is 0. The lowest BCUT2D eigenvalue weighted by atomic mass is 9.99. The van der Waals surface area contributed by atoms with Crippen LogP contribution >= 0.6 is 0 Å². The molecule has 0 aromatic carbocycles. The second-order valence-electron chi connectivity index (χ2n) is 11.0. The van der Waals surface area contributed by atoms with Crippen LogP contribution in [0.2, 0.25) is 0 Å². The molecule has 0 saturated carbocycles. The Bertz CT molecular complexity index is 314. The molecule has 1 N–H and O–H groups in total. The van der Waals surface area contributed by atoms with Crippen molar-refractivity contribution in [3.63, 3.8) is 0 Å². The fourth-order valence-corrected chi connectivity index (χ4v) is 5.63. The average molecular weight is 517 g/mol. The molecule has 194 valence electrons. The van der Waals surface area contributed by atoms with E-state index in [9.17, 15) is 0 Å². The third-order valence-electron chi connectivity index (χ3n) is 7.83. The standard InChI is InChI=1S/C30H61N.BrH/c1-3-5-7-9-11-13-15-17-19-21-23-25-30-26-28-31(29-30)27-24-22-20-18-16-14-12-10-8-6-4-2;/h30H,3-29H2,1-2H3;1H. The van der Waals surface area contributed by atoms with Crippen molar-refractivity contribution in [2.45, 2.75) is 168 Å². The summed E-state index contributed by atoms with van der Waals surface area (Å²) in [6.07, 6.45) is 35.5. The molecule has 0 aliphatic carbocycles. The van der Waals surface area contributed by atoms with Crippen LogP contribution in [0.3, 0.4) is 0 Å². The molecule has 0 bridgehead atoms. The van der Waals surface area contributed by atoms with Gasteiger partial charge < -0.3 is 21.9 Å². The van der Waals surface area contributed by atoms with Crippen LogP contribution in [-0.2, 0) is 0 Å². The van der Waals surface area contributed by atoms with Gasteiger partial charge >= 0.3 is 0 Å². The first-order chi connectivity index (χ1) is 15.4. The molecule has 32 heavy (non-hydrogen) atoms. The molecule has 0 spiro atoms.